The number of carbonyl (C=O) groups is 1. The standard InChI is InChI=1S/C13H11N3O2/c17-13(12-7-1-2-8-14-12)16-15-9-3-5-11-6-4-10-18-11/h1-10H,(H,16,17)/b5-3-,15-9-. The van der Waals surface area contributed by atoms with Crippen molar-refractivity contribution in [3.05, 3.63) is 60.3 Å². The fraction of sp³-hybridized carbons (Fsp3) is 0. The Balaban J connectivity index is 1.83. The third kappa shape index (κ3) is 3.41. The van der Waals surface area contributed by atoms with Gasteiger partial charge in [0.2, 0.25) is 0 Å². The number of pyridine rings is 1. The van der Waals surface area contributed by atoms with Crippen LogP contribution in [0.25, 0.3) is 6.08 Å². The van der Waals surface area contributed by atoms with Gasteiger partial charge in [-0.1, -0.05) is 6.07 Å². The molecule has 2 aromatic heterocycles. The number of furan rings is 1. The summed E-state index contributed by atoms with van der Waals surface area (Å²) in [5.41, 5.74) is 2.69. The van der Waals surface area contributed by atoms with Crippen LogP contribution in [0.2, 0.25) is 0 Å². The third-order valence-corrected chi connectivity index (χ3v) is 2.03. The van der Waals surface area contributed by atoms with E-state index in [4.69, 9.17) is 4.42 Å². The van der Waals surface area contributed by atoms with Gasteiger partial charge in [-0.15, -0.1) is 0 Å². The van der Waals surface area contributed by atoms with Crippen LogP contribution in [-0.2, 0) is 0 Å². The molecule has 5 heteroatoms. The van der Waals surface area contributed by atoms with Crippen molar-refractivity contribution in [2.45, 2.75) is 0 Å². The van der Waals surface area contributed by atoms with Gasteiger partial charge in [0.25, 0.3) is 5.91 Å². The zero-order valence-corrected chi connectivity index (χ0v) is 9.48. The van der Waals surface area contributed by atoms with E-state index in [1.165, 1.54) is 6.21 Å². The van der Waals surface area contributed by atoms with Crippen molar-refractivity contribution >= 4 is 18.2 Å². The summed E-state index contributed by atoms with van der Waals surface area (Å²) in [6.45, 7) is 0. The van der Waals surface area contributed by atoms with Gasteiger partial charge in [-0.3, -0.25) is 9.78 Å². The van der Waals surface area contributed by atoms with Crippen LogP contribution in [0.15, 0.2) is 58.4 Å². The van der Waals surface area contributed by atoms with Crippen molar-refractivity contribution in [1.82, 2.24) is 10.4 Å². The topological polar surface area (TPSA) is 67.5 Å². The van der Waals surface area contributed by atoms with Gasteiger partial charge in [-0.05, 0) is 36.4 Å². The van der Waals surface area contributed by atoms with Gasteiger partial charge < -0.3 is 4.42 Å². The highest BCUT2D eigenvalue weighted by atomic mass is 16.3. The van der Waals surface area contributed by atoms with Gasteiger partial charge in [-0.25, -0.2) is 5.43 Å². The number of rotatable bonds is 4. The molecular formula is C13H11N3O2. The first-order chi connectivity index (χ1) is 8.86. The number of hydrazone groups is 1. The number of amides is 1. The Morgan fingerprint density at radius 1 is 1.33 bits per heavy atom. The van der Waals surface area contributed by atoms with Crippen LogP contribution in [0.4, 0.5) is 0 Å². The minimum absolute atomic E-state index is 0.324. The van der Waals surface area contributed by atoms with E-state index < -0.39 is 0 Å². The van der Waals surface area contributed by atoms with Crippen LogP contribution in [0.5, 0.6) is 0 Å². The van der Waals surface area contributed by atoms with E-state index in [-0.39, 0.29) is 5.91 Å². The molecule has 0 atom stereocenters. The molecule has 90 valence electrons. The number of nitrogens with one attached hydrogen (secondary N) is 1. The lowest BCUT2D eigenvalue weighted by molar-refractivity contribution is 0.0950. The second kappa shape index (κ2) is 6.15. The molecule has 0 unspecified atom stereocenters. The van der Waals surface area contributed by atoms with Crippen molar-refractivity contribution in [3.8, 4) is 0 Å². The summed E-state index contributed by atoms with van der Waals surface area (Å²) < 4.78 is 5.08. The lowest BCUT2D eigenvalue weighted by atomic mass is 10.3. The number of hydrogen-bond donors (Lipinski definition) is 1. The lowest BCUT2D eigenvalue weighted by Gasteiger charge is -1.96. The largest absolute Gasteiger partial charge is 0.465 e. The summed E-state index contributed by atoms with van der Waals surface area (Å²) in [6, 6.07) is 8.70. The molecule has 18 heavy (non-hydrogen) atoms. The molecule has 2 rings (SSSR count). The Morgan fingerprint density at radius 2 is 2.28 bits per heavy atom. The predicted molar refractivity (Wildman–Crippen MR) is 67.9 cm³/mol. The van der Waals surface area contributed by atoms with Crippen LogP contribution in [0.1, 0.15) is 16.2 Å². The summed E-state index contributed by atoms with van der Waals surface area (Å²) in [7, 11) is 0. The first-order valence-electron chi connectivity index (χ1n) is 5.31. The van der Waals surface area contributed by atoms with Gasteiger partial charge in [0, 0.05) is 12.4 Å². The van der Waals surface area contributed by atoms with Gasteiger partial charge in [0.05, 0.1) is 6.26 Å². The highest BCUT2D eigenvalue weighted by Crippen LogP contribution is 2.00. The Labute approximate surface area is 104 Å². The smallest absolute Gasteiger partial charge is 0.289 e. The molecule has 5 nitrogen and oxygen atoms in total. The molecule has 0 spiro atoms. The van der Waals surface area contributed by atoms with E-state index >= 15 is 0 Å². The Kier molecular flexibility index (Phi) is 4.02. The highest BCUT2D eigenvalue weighted by Gasteiger charge is 2.02. The average molecular weight is 241 g/mol. The van der Waals surface area contributed by atoms with Crippen LogP contribution in [0, 0.1) is 0 Å². The van der Waals surface area contributed by atoms with Crippen molar-refractivity contribution in [3.63, 3.8) is 0 Å². The minimum Gasteiger partial charge on any atom is -0.465 e. The third-order valence-electron chi connectivity index (χ3n) is 2.03. The van der Waals surface area contributed by atoms with Crippen molar-refractivity contribution in [1.29, 1.82) is 0 Å². The van der Waals surface area contributed by atoms with Gasteiger partial charge in [0.15, 0.2) is 0 Å². The molecule has 0 saturated carbocycles. The van der Waals surface area contributed by atoms with Crippen molar-refractivity contribution in [2.75, 3.05) is 0 Å². The Morgan fingerprint density at radius 3 is 3.00 bits per heavy atom. The molecule has 0 aromatic carbocycles. The molecule has 0 aliphatic rings. The molecule has 2 heterocycles. The number of allylic oxidation sites excluding steroid dienone is 1. The zero-order valence-electron chi connectivity index (χ0n) is 9.48. The number of aromatic nitrogens is 1. The second-order valence-corrected chi connectivity index (χ2v) is 3.31. The second-order valence-electron chi connectivity index (χ2n) is 3.31. The van der Waals surface area contributed by atoms with E-state index in [2.05, 4.69) is 15.5 Å². The minimum atomic E-state index is -0.349. The number of hydrogen-bond acceptors (Lipinski definition) is 4. The maximum absolute atomic E-state index is 11.5. The molecule has 0 bridgehead atoms. The average Bonchev–Trinajstić information content (AvgIpc) is 2.92. The molecule has 0 aliphatic carbocycles. The molecule has 0 fully saturated rings. The predicted octanol–water partition coefficient (Wildman–Crippen LogP) is 2.10. The zero-order chi connectivity index (χ0) is 12.6. The molecule has 0 saturated heterocycles. The van der Waals surface area contributed by atoms with Crippen LogP contribution >= 0.6 is 0 Å². The van der Waals surface area contributed by atoms with Crippen molar-refractivity contribution in [2.24, 2.45) is 5.10 Å². The number of nitrogens with zero attached hydrogens (tertiary/aromatic N) is 2. The Bertz CT molecular complexity index is 545. The van der Waals surface area contributed by atoms with Gasteiger partial charge >= 0.3 is 0 Å². The maximum atomic E-state index is 11.5. The summed E-state index contributed by atoms with van der Waals surface area (Å²) in [5, 5.41) is 3.75. The molecule has 0 radical (unpaired) electrons. The van der Waals surface area contributed by atoms with Gasteiger partial charge in [-0.2, -0.15) is 5.10 Å². The number of carbonyl (C=O) groups excluding carboxylic acids is 1. The van der Waals surface area contributed by atoms with Crippen LogP contribution in [-0.4, -0.2) is 17.1 Å². The van der Waals surface area contributed by atoms with Crippen molar-refractivity contribution < 1.29 is 9.21 Å². The quantitative estimate of drug-likeness (QED) is 0.658. The van der Waals surface area contributed by atoms with E-state index in [1.54, 1.807) is 48.9 Å². The van der Waals surface area contributed by atoms with Crippen LogP contribution in [0.3, 0.4) is 0 Å². The van der Waals surface area contributed by atoms with Crippen LogP contribution < -0.4 is 5.43 Å². The normalized spacial score (nSPS) is 11.1. The lowest BCUT2D eigenvalue weighted by Crippen LogP contribution is -2.18. The highest BCUT2D eigenvalue weighted by molar-refractivity contribution is 5.92. The SMILES string of the molecule is O=C(N/N=C\C=C/c1ccco1)c1ccccn1. The molecule has 1 amide bonds. The summed E-state index contributed by atoms with van der Waals surface area (Å²) >= 11 is 0. The maximum Gasteiger partial charge on any atom is 0.289 e. The fourth-order valence-corrected chi connectivity index (χ4v) is 1.22. The van der Waals surface area contributed by atoms with Gasteiger partial charge in [0.1, 0.15) is 11.5 Å². The molecular weight excluding hydrogens is 230 g/mol. The van der Waals surface area contributed by atoms with E-state index in [1.807, 2.05) is 6.07 Å². The first-order valence-corrected chi connectivity index (χ1v) is 5.31. The first kappa shape index (κ1) is 11.8. The molecule has 1 N–H and O–H groups in total. The van der Waals surface area contributed by atoms with E-state index in [9.17, 15) is 4.79 Å². The summed E-state index contributed by atoms with van der Waals surface area (Å²) in [4.78, 5) is 15.4. The Hall–Kier alpha value is -2.69. The van der Waals surface area contributed by atoms with E-state index in [0.29, 0.717) is 5.69 Å². The molecule has 0 aliphatic heterocycles. The monoisotopic (exact) mass is 241 g/mol. The molecule has 2 aromatic rings. The summed E-state index contributed by atoms with van der Waals surface area (Å²) in [5.74, 6) is 0.371. The summed E-state index contributed by atoms with van der Waals surface area (Å²) in [6.07, 6.45) is 7.99. The fourth-order valence-electron chi connectivity index (χ4n) is 1.22. The van der Waals surface area contributed by atoms with E-state index in [0.717, 1.165) is 5.76 Å².